The molecular formula is C10H16O7. The Morgan fingerprint density at radius 2 is 1.82 bits per heavy atom. The van der Waals surface area contributed by atoms with Crippen LogP contribution < -0.4 is 0 Å². The predicted octanol–water partition coefficient (Wildman–Crippen LogP) is -1.23. The van der Waals surface area contributed by atoms with Crippen molar-refractivity contribution in [3.8, 4) is 0 Å². The fourth-order valence-corrected chi connectivity index (χ4v) is 1.22. The van der Waals surface area contributed by atoms with Gasteiger partial charge in [-0.3, -0.25) is 9.68 Å². The molecule has 17 heavy (non-hydrogen) atoms. The summed E-state index contributed by atoms with van der Waals surface area (Å²) in [5, 5.41) is 27.5. The smallest absolute Gasteiger partial charge is 0.382 e. The van der Waals surface area contributed by atoms with Gasteiger partial charge in [-0.15, -0.1) is 0 Å². The van der Waals surface area contributed by atoms with Crippen LogP contribution in [-0.2, 0) is 19.4 Å². The maximum absolute atomic E-state index is 11.3. The molecule has 7 heteroatoms. The van der Waals surface area contributed by atoms with Gasteiger partial charge in [-0.05, 0) is 0 Å². The highest BCUT2D eigenvalue weighted by atomic mass is 17.2. The maximum atomic E-state index is 11.3. The SMILES string of the molecule is C=C(C(=O)OOC=O)C(C)C(CO)(CO)CO. The molecule has 0 bridgehead atoms. The first kappa shape index (κ1) is 15.6. The number of aliphatic hydroxyl groups is 3. The molecule has 0 fully saturated rings. The molecule has 3 N–H and O–H groups in total. The second-order valence-electron chi connectivity index (χ2n) is 3.65. The minimum atomic E-state index is -1.29. The maximum Gasteiger partial charge on any atom is 0.382 e. The lowest BCUT2D eigenvalue weighted by Crippen LogP contribution is -2.42. The van der Waals surface area contributed by atoms with E-state index in [0.29, 0.717) is 0 Å². The summed E-state index contributed by atoms with van der Waals surface area (Å²) in [6, 6.07) is 0. The van der Waals surface area contributed by atoms with E-state index < -0.39 is 37.1 Å². The van der Waals surface area contributed by atoms with Crippen LogP contribution in [0.2, 0.25) is 0 Å². The van der Waals surface area contributed by atoms with E-state index in [0.717, 1.165) is 0 Å². The van der Waals surface area contributed by atoms with Crippen molar-refractivity contribution in [3.05, 3.63) is 12.2 Å². The first-order valence-electron chi connectivity index (χ1n) is 4.81. The van der Waals surface area contributed by atoms with Gasteiger partial charge in [0.1, 0.15) is 0 Å². The zero-order chi connectivity index (χ0) is 13.5. The van der Waals surface area contributed by atoms with Crippen molar-refractivity contribution in [3.63, 3.8) is 0 Å². The summed E-state index contributed by atoms with van der Waals surface area (Å²) >= 11 is 0. The summed E-state index contributed by atoms with van der Waals surface area (Å²) in [6.07, 6.45) is 0. The van der Waals surface area contributed by atoms with Crippen molar-refractivity contribution < 1.29 is 34.7 Å². The van der Waals surface area contributed by atoms with Crippen molar-refractivity contribution in [1.29, 1.82) is 0 Å². The van der Waals surface area contributed by atoms with E-state index in [2.05, 4.69) is 16.4 Å². The molecule has 0 amide bonds. The van der Waals surface area contributed by atoms with Crippen LogP contribution in [0.15, 0.2) is 12.2 Å². The molecule has 0 rings (SSSR count). The molecule has 0 saturated carbocycles. The number of hydrogen-bond donors (Lipinski definition) is 3. The Morgan fingerprint density at radius 3 is 2.18 bits per heavy atom. The molecule has 0 aromatic rings. The Bertz CT molecular complexity index is 274. The van der Waals surface area contributed by atoms with Crippen molar-refractivity contribution in [1.82, 2.24) is 0 Å². The largest absolute Gasteiger partial charge is 0.396 e. The molecule has 1 atom stereocenters. The summed E-state index contributed by atoms with van der Waals surface area (Å²) in [5.74, 6) is -1.77. The number of rotatable bonds is 8. The lowest BCUT2D eigenvalue weighted by Gasteiger charge is -2.34. The Labute approximate surface area is 98.2 Å². The van der Waals surface area contributed by atoms with E-state index >= 15 is 0 Å². The lowest BCUT2D eigenvalue weighted by atomic mass is 9.74. The van der Waals surface area contributed by atoms with Crippen molar-refractivity contribution >= 4 is 12.4 Å². The van der Waals surface area contributed by atoms with Gasteiger partial charge in [0.15, 0.2) is 0 Å². The summed E-state index contributed by atoms with van der Waals surface area (Å²) < 4.78 is 0. The average molecular weight is 248 g/mol. The van der Waals surface area contributed by atoms with Gasteiger partial charge in [0.05, 0.1) is 19.8 Å². The topological polar surface area (TPSA) is 113 Å². The molecule has 7 nitrogen and oxygen atoms in total. The number of aliphatic hydroxyl groups excluding tert-OH is 3. The van der Waals surface area contributed by atoms with Gasteiger partial charge in [-0.1, -0.05) is 13.5 Å². The van der Waals surface area contributed by atoms with Gasteiger partial charge in [0.2, 0.25) is 0 Å². The number of carbonyl (C=O) groups is 2. The average Bonchev–Trinajstić information content (AvgIpc) is 2.37. The third-order valence-electron chi connectivity index (χ3n) is 2.81. The zero-order valence-corrected chi connectivity index (χ0v) is 9.46. The summed E-state index contributed by atoms with van der Waals surface area (Å²) in [6.45, 7) is 3.20. The van der Waals surface area contributed by atoms with E-state index in [-0.39, 0.29) is 12.0 Å². The van der Waals surface area contributed by atoms with Gasteiger partial charge in [0, 0.05) is 16.9 Å². The minimum absolute atomic E-state index is 0.0762. The van der Waals surface area contributed by atoms with Crippen LogP contribution in [0.1, 0.15) is 6.92 Å². The van der Waals surface area contributed by atoms with E-state index in [9.17, 15) is 9.59 Å². The molecule has 0 aromatic carbocycles. The summed E-state index contributed by atoms with van der Waals surface area (Å²) in [4.78, 5) is 29.0. The standard InChI is InChI=1S/C10H16O7/c1-7(9(15)17-16-6-14)8(2)10(3-11,4-12)5-13/h6,8,11-13H,1,3-5H2,2H3. The Kier molecular flexibility index (Phi) is 6.40. The van der Waals surface area contributed by atoms with Crippen LogP contribution >= 0.6 is 0 Å². The first-order valence-corrected chi connectivity index (χ1v) is 4.81. The van der Waals surface area contributed by atoms with Gasteiger partial charge in [-0.2, -0.15) is 0 Å². The Balaban J connectivity index is 4.77. The third-order valence-corrected chi connectivity index (χ3v) is 2.81. The van der Waals surface area contributed by atoms with Crippen molar-refractivity contribution in [2.24, 2.45) is 11.3 Å². The highest BCUT2D eigenvalue weighted by Crippen LogP contribution is 2.31. The van der Waals surface area contributed by atoms with Gasteiger partial charge >= 0.3 is 12.4 Å². The van der Waals surface area contributed by atoms with Crippen LogP contribution in [0.5, 0.6) is 0 Å². The van der Waals surface area contributed by atoms with Crippen molar-refractivity contribution in [2.45, 2.75) is 6.92 Å². The van der Waals surface area contributed by atoms with Gasteiger partial charge < -0.3 is 15.3 Å². The quantitative estimate of drug-likeness (QED) is 0.213. The Hall–Kier alpha value is -1.44. The molecule has 0 aliphatic heterocycles. The minimum Gasteiger partial charge on any atom is -0.396 e. The molecule has 0 radical (unpaired) electrons. The van der Waals surface area contributed by atoms with Crippen LogP contribution in [0, 0.1) is 11.3 Å². The van der Waals surface area contributed by atoms with E-state index in [1.54, 1.807) is 0 Å². The predicted molar refractivity (Wildman–Crippen MR) is 55.2 cm³/mol. The molecule has 0 aliphatic carbocycles. The highest BCUT2D eigenvalue weighted by Gasteiger charge is 2.38. The second kappa shape index (κ2) is 7.00. The van der Waals surface area contributed by atoms with Crippen LogP contribution in [0.3, 0.4) is 0 Å². The molecule has 98 valence electrons. The molecule has 1 unspecified atom stereocenters. The summed E-state index contributed by atoms with van der Waals surface area (Å²) in [7, 11) is 0. The fourth-order valence-electron chi connectivity index (χ4n) is 1.22. The number of carbonyl (C=O) groups excluding carboxylic acids is 2. The molecule has 0 spiro atoms. The van der Waals surface area contributed by atoms with Gasteiger partial charge in [-0.25, -0.2) is 9.68 Å². The molecule has 0 heterocycles. The van der Waals surface area contributed by atoms with E-state index in [1.165, 1.54) is 6.92 Å². The van der Waals surface area contributed by atoms with Gasteiger partial charge in [0.25, 0.3) is 0 Å². The molecule has 0 aromatic heterocycles. The van der Waals surface area contributed by atoms with Crippen molar-refractivity contribution in [2.75, 3.05) is 19.8 Å². The zero-order valence-electron chi connectivity index (χ0n) is 9.46. The second-order valence-corrected chi connectivity index (χ2v) is 3.65. The fraction of sp³-hybridized carbons (Fsp3) is 0.600. The van der Waals surface area contributed by atoms with Crippen LogP contribution in [0.4, 0.5) is 0 Å². The van der Waals surface area contributed by atoms with Crippen LogP contribution in [0.25, 0.3) is 0 Å². The normalized spacial score (nSPS) is 12.7. The molecule has 0 saturated heterocycles. The molecular weight excluding hydrogens is 232 g/mol. The monoisotopic (exact) mass is 248 g/mol. The molecule has 0 aliphatic rings. The lowest BCUT2D eigenvalue weighted by molar-refractivity contribution is -0.245. The first-order chi connectivity index (χ1) is 7.98. The van der Waals surface area contributed by atoms with Crippen LogP contribution in [-0.4, -0.2) is 47.6 Å². The highest BCUT2D eigenvalue weighted by molar-refractivity contribution is 5.88. The van der Waals surface area contributed by atoms with E-state index in [1.807, 2.05) is 0 Å². The third kappa shape index (κ3) is 3.52. The Morgan fingerprint density at radius 1 is 1.35 bits per heavy atom. The number of hydrogen-bond acceptors (Lipinski definition) is 7. The van der Waals surface area contributed by atoms with E-state index in [4.69, 9.17) is 15.3 Å². The summed E-state index contributed by atoms with van der Waals surface area (Å²) in [5.41, 5.74) is -1.43.